The fourth-order valence-corrected chi connectivity index (χ4v) is 2.17. The molecule has 0 aromatic carbocycles. The topological polar surface area (TPSA) is 24.5 Å². The van der Waals surface area contributed by atoms with Crippen molar-refractivity contribution in [1.29, 1.82) is 0 Å². The van der Waals surface area contributed by atoms with Crippen LogP contribution in [0.3, 0.4) is 0 Å². The molecule has 1 N–H and O–H groups in total. The lowest BCUT2D eigenvalue weighted by molar-refractivity contribution is 0.0953. The quantitative estimate of drug-likeness (QED) is 0.692. The number of hydrogen-bond acceptors (Lipinski definition) is 3. The first-order chi connectivity index (χ1) is 8.22. The molecular weight excluding hydrogens is 212 g/mol. The summed E-state index contributed by atoms with van der Waals surface area (Å²) in [4.78, 5) is 2.55. The number of rotatable bonds is 7. The molecule has 0 aliphatic carbocycles. The Hall–Kier alpha value is -0.120. The van der Waals surface area contributed by atoms with E-state index in [1.165, 1.54) is 38.9 Å². The van der Waals surface area contributed by atoms with Crippen LogP contribution in [0.15, 0.2) is 0 Å². The van der Waals surface area contributed by atoms with E-state index < -0.39 is 0 Å². The molecule has 1 aliphatic heterocycles. The van der Waals surface area contributed by atoms with Gasteiger partial charge in [0.15, 0.2) is 0 Å². The van der Waals surface area contributed by atoms with Crippen LogP contribution in [0.2, 0.25) is 0 Å². The van der Waals surface area contributed by atoms with Crippen molar-refractivity contribution in [1.82, 2.24) is 10.2 Å². The summed E-state index contributed by atoms with van der Waals surface area (Å²) in [5.74, 6) is 0.752. The molecule has 0 saturated carbocycles. The van der Waals surface area contributed by atoms with E-state index in [0.717, 1.165) is 25.7 Å². The molecule has 1 saturated heterocycles. The maximum absolute atomic E-state index is 5.69. The van der Waals surface area contributed by atoms with Gasteiger partial charge in [-0.25, -0.2) is 0 Å². The lowest BCUT2D eigenvalue weighted by Crippen LogP contribution is -2.38. The summed E-state index contributed by atoms with van der Waals surface area (Å²) < 4.78 is 5.69. The van der Waals surface area contributed by atoms with Gasteiger partial charge in [0.1, 0.15) is 0 Å². The van der Waals surface area contributed by atoms with E-state index >= 15 is 0 Å². The minimum atomic E-state index is 0.674. The fourth-order valence-electron chi connectivity index (χ4n) is 2.17. The Labute approximate surface area is 107 Å². The Morgan fingerprint density at radius 1 is 1.35 bits per heavy atom. The summed E-state index contributed by atoms with van der Waals surface area (Å²) in [6.07, 6.45) is 3.67. The SMILES string of the molecule is CCC1CN(CCOCCC(C)C)CCCN1. The highest BCUT2D eigenvalue weighted by molar-refractivity contribution is 4.75. The molecule has 0 spiro atoms. The van der Waals surface area contributed by atoms with E-state index in [1.807, 2.05) is 0 Å². The van der Waals surface area contributed by atoms with Gasteiger partial charge >= 0.3 is 0 Å². The monoisotopic (exact) mass is 242 g/mol. The third-order valence-electron chi connectivity index (χ3n) is 3.45. The molecule has 1 atom stereocenters. The summed E-state index contributed by atoms with van der Waals surface area (Å²) in [5.41, 5.74) is 0. The predicted molar refractivity (Wildman–Crippen MR) is 73.4 cm³/mol. The lowest BCUT2D eigenvalue weighted by atomic mass is 10.1. The second-order valence-corrected chi connectivity index (χ2v) is 5.51. The van der Waals surface area contributed by atoms with Gasteiger partial charge in [-0.15, -0.1) is 0 Å². The Balaban J connectivity index is 2.08. The maximum Gasteiger partial charge on any atom is 0.0593 e. The molecule has 102 valence electrons. The van der Waals surface area contributed by atoms with Gasteiger partial charge < -0.3 is 10.1 Å². The molecule has 1 heterocycles. The van der Waals surface area contributed by atoms with Gasteiger partial charge in [0.2, 0.25) is 0 Å². The number of nitrogens with one attached hydrogen (secondary N) is 1. The van der Waals surface area contributed by atoms with Gasteiger partial charge in [0.25, 0.3) is 0 Å². The minimum absolute atomic E-state index is 0.674. The van der Waals surface area contributed by atoms with Crippen molar-refractivity contribution in [2.24, 2.45) is 5.92 Å². The van der Waals surface area contributed by atoms with Crippen LogP contribution in [0.5, 0.6) is 0 Å². The molecule has 3 heteroatoms. The summed E-state index contributed by atoms with van der Waals surface area (Å²) in [5, 5.41) is 3.60. The molecular formula is C14H30N2O. The first kappa shape index (κ1) is 14.9. The van der Waals surface area contributed by atoms with Crippen LogP contribution < -0.4 is 5.32 Å². The van der Waals surface area contributed by atoms with Gasteiger partial charge in [-0.2, -0.15) is 0 Å². The third kappa shape index (κ3) is 7.02. The average molecular weight is 242 g/mol. The molecule has 17 heavy (non-hydrogen) atoms. The van der Waals surface area contributed by atoms with E-state index in [1.54, 1.807) is 0 Å². The van der Waals surface area contributed by atoms with Crippen molar-refractivity contribution in [3.8, 4) is 0 Å². The number of nitrogens with zero attached hydrogens (tertiary/aromatic N) is 1. The molecule has 0 bridgehead atoms. The highest BCUT2D eigenvalue weighted by Gasteiger charge is 2.15. The minimum Gasteiger partial charge on any atom is -0.380 e. The fraction of sp³-hybridized carbons (Fsp3) is 1.00. The third-order valence-corrected chi connectivity index (χ3v) is 3.45. The molecule has 1 aliphatic rings. The van der Waals surface area contributed by atoms with Crippen molar-refractivity contribution in [3.05, 3.63) is 0 Å². The second kappa shape index (κ2) is 8.90. The molecule has 0 aromatic rings. The van der Waals surface area contributed by atoms with E-state index in [-0.39, 0.29) is 0 Å². The van der Waals surface area contributed by atoms with Gasteiger partial charge in [0.05, 0.1) is 6.61 Å². The molecule has 0 radical (unpaired) electrons. The lowest BCUT2D eigenvalue weighted by Gasteiger charge is -2.23. The molecule has 1 rings (SSSR count). The first-order valence-corrected chi connectivity index (χ1v) is 7.25. The van der Waals surface area contributed by atoms with Crippen LogP contribution in [0, 0.1) is 5.92 Å². The van der Waals surface area contributed by atoms with Gasteiger partial charge in [-0.05, 0) is 38.3 Å². The molecule has 0 amide bonds. The zero-order valence-corrected chi connectivity index (χ0v) is 11.9. The molecule has 3 nitrogen and oxygen atoms in total. The summed E-state index contributed by atoms with van der Waals surface area (Å²) >= 11 is 0. The van der Waals surface area contributed by atoms with Gasteiger partial charge in [0, 0.05) is 25.7 Å². The van der Waals surface area contributed by atoms with Crippen molar-refractivity contribution >= 4 is 0 Å². The summed E-state index contributed by atoms with van der Waals surface area (Å²) in [6, 6.07) is 0.674. The summed E-state index contributed by atoms with van der Waals surface area (Å²) in [6.45, 7) is 13.2. The van der Waals surface area contributed by atoms with Gasteiger partial charge in [-0.3, -0.25) is 4.90 Å². The molecule has 0 aromatic heterocycles. The van der Waals surface area contributed by atoms with Crippen molar-refractivity contribution < 1.29 is 4.74 Å². The van der Waals surface area contributed by atoms with Crippen LogP contribution in [-0.2, 0) is 4.74 Å². The van der Waals surface area contributed by atoms with Crippen LogP contribution in [0.25, 0.3) is 0 Å². The second-order valence-electron chi connectivity index (χ2n) is 5.51. The first-order valence-electron chi connectivity index (χ1n) is 7.25. The zero-order valence-electron chi connectivity index (χ0n) is 11.9. The summed E-state index contributed by atoms with van der Waals surface area (Å²) in [7, 11) is 0. The Morgan fingerprint density at radius 2 is 2.18 bits per heavy atom. The van der Waals surface area contributed by atoms with Crippen LogP contribution in [-0.4, -0.2) is 50.3 Å². The van der Waals surface area contributed by atoms with Crippen molar-refractivity contribution in [2.45, 2.75) is 46.1 Å². The smallest absolute Gasteiger partial charge is 0.0593 e. The molecule has 1 fully saturated rings. The van der Waals surface area contributed by atoms with Gasteiger partial charge in [-0.1, -0.05) is 20.8 Å². The van der Waals surface area contributed by atoms with Crippen LogP contribution >= 0.6 is 0 Å². The van der Waals surface area contributed by atoms with Crippen LogP contribution in [0.4, 0.5) is 0 Å². The highest BCUT2D eigenvalue weighted by Crippen LogP contribution is 2.04. The highest BCUT2D eigenvalue weighted by atomic mass is 16.5. The Kier molecular flexibility index (Phi) is 7.82. The van der Waals surface area contributed by atoms with Crippen molar-refractivity contribution in [3.63, 3.8) is 0 Å². The van der Waals surface area contributed by atoms with E-state index in [2.05, 4.69) is 31.0 Å². The Morgan fingerprint density at radius 3 is 2.88 bits per heavy atom. The standard InChI is InChI=1S/C14H30N2O/c1-4-14-12-16(8-5-7-15-14)9-11-17-10-6-13(2)3/h13-15H,4-12H2,1-3H3. The van der Waals surface area contributed by atoms with E-state index in [0.29, 0.717) is 6.04 Å². The number of ether oxygens (including phenoxy) is 1. The van der Waals surface area contributed by atoms with Crippen LogP contribution in [0.1, 0.15) is 40.0 Å². The largest absolute Gasteiger partial charge is 0.380 e. The predicted octanol–water partition coefficient (Wildman–Crippen LogP) is 2.12. The van der Waals surface area contributed by atoms with E-state index in [9.17, 15) is 0 Å². The number of hydrogen-bond donors (Lipinski definition) is 1. The Bertz CT molecular complexity index is 185. The molecule has 1 unspecified atom stereocenters. The normalized spacial score (nSPS) is 22.9. The maximum atomic E-state index is 5.69. The zero-order chi connectivity index (χ0) is 12.5. The average Bonchev–Trinajstić information content (AvgIpc) is 2.53. The van der Waals surface area contributed by atoms with E-state index in [4.69, 9.17) is 4.74 Å². The van der Waals surface area contributed by atoms with Crippen molar-refractivity contribution in [2.75, 3.05) is 39.4 Å².